The standard InChI is InChI=1S/C9H6ClFN2O2/c10-5-2-1-3-6(11)8(5)9-12-7(4-14)13-15-9/h1-3,14H,4H2. The van der Waals surface area contributed by atoms with Gasteiger partial charge in [0.05, 0.1) is 10.6 Å². The maximum Gasteiger partial charge on any atom is 0.262 e. The molecule has 0 atom stereocenters. The SMILES string of the molecule is OCc1noc(-c2c(F)cccc2Cl)n1. The van der Waals surface area contributed by atoms with Gasteiger partial charge in [0.2, 0.25) is 0 Å². The van der Waals surface area contributed by atoms with Crippen molar-refractivity contribution in [1.29, 1.82) is 0 Å². The summed E-state index contributed by atoms with van der Waals surface area (Å²) in [4.78, 5) is 3.77. The first-order chi connectivity index (χ1) is 7.22. The number of hydrogen-bond donors (Lipinski definition) is 1. The highest BCUT2D eigenvalue weighted by Crippen LogP contribution is 2.28. The van der Waals surface area contributed by atoms with E-state index in [0.717, 1.165) is 0 Å². The van der Waals surface area contributed by atoms with Gasteiger partial charge in [-0.05, 0) is 12.1 Å². The van der Waals surface area contributed by atoms with E-state index in [9.17, 15) is 4.39 Å². The highest BCUT2D eigenvalue weighted by Gasteiger charge is 2.16. The minimum Gasteiger partial charge on any atom is -0.388 e. The predicted molar refractivity (Wildman–Crippen MR) is 50.6 cm³/mol. The maximum atomic E-state index is 13.4. The van der Waals surface area contributed by atoms with Crippen LogP contribution in [-0.2, 0) is 6.61 Å². The Hall–Kier alpha value is -1.46. The van der Waals surface area contributed by atoms with Gasteiger partial charge in [0.1, 0.15) is 12.4 Å². The molecular weight excluding hydrogens is 223 g/mol. The van der Waals surface area contributed by atoms with Crippen LogP contribution >= 0.6 is 11.6 Å². The first-order valence-electron chi connectivity index (χ1n) is 4.10. The molecule has 2 aromatic rings. The Morgan fingerprint density at radius 3 is 2.87 bits per heavy atom. The molecule has 0 radical (unpaired) electrons. The van der Waals surface area contributed by atoms with Crippen LogP contribution in [-0.4, -0.2) is 15.2 Å². The van der Waals surface area contributed by atoms with Crippen LogP contribution in [0.3, 0.4) is 0 Å². The Bertz CT molecular complexity index is 466. The number of rotatable bonds is 2. The molecule has 1 aromatic heterocycles. The van der Waals surface area contributed by atoms with Gasteiger partial charge in [0.15, 0.2) is 5.82 Å². The lowest BCUT2D eigenvalue weighted by atomic mass is 10.2. The first-order valence-corrected chi connectivity index (χ1v) is 4.48. The second-order valence-electron chi connectivity index (χ2n) is 2.77. The molecule has 0 saturated carbocycles. The Kier molecular flexibility index (Phi) is 2.66. The quantitative estimate of drug-likeness (QED) is 0.854. The molecule has 0 amide bonds. The fourth-order valence-corrected chi connectivity index (χ4v) is 1.37. The van der Waals surface area contributed by atoms with E-state index in [1.807, 2.05) is 0 Å². The summed E-state index contributed by atoms with van der Waals surface area (Å²) in [5.41, 5.74) is 0.0476. The molecule has 15 heavy (non-hydrogen) atoms. The van der Waals surface area contributed by atoms with Gasteiger partial charge in [-0.15, -0.1) is 0 Å². The number of halogens is 2. The summed E-state index contributed by atoms with van der Waals surface area (Å²) in [5, 5.41) is 12.3. The molecule has 0 aliphatic rings. The van der Waals surface area contributed by atoms with Crippen LogP contribution in [0.1, 0.15) is 5.82 Å². The van der Waals surface area contributed by atoms with Crippen molar-refractivity contribution in [1.82, 2.24) is 10.1 Å². The van der Waals surface area contributed by atoms with Crippen LogP contribution in [0.25, 0.3) is 11.5 Å². The minimum atomic E-state index is -0.546. The normalized spacial score (nSPS) is 10.6. The van der Waals surface area contributed by atoms with Crippen molar-refractivity contribution in [3.8, 4) is 11.5 Å². The Morgan fingerprint density at radius 1 is 1.47 bits per heavy atom. The molecule has 0 saturated heterocycles. The van der Waals surface area contributed by atoms with Gasteiger partial charge in [-0.3, -0.25) is 0 Å². The zero-order chi connectivity index (χ0) is 10.8. The highest BCUT2D eigenvalue weighted by molar-refractivity contribution is 6.33. The summed E-state index contributed by atoms with van der Waals surface area (Å²) < 4.78 is 18.1. The van der Waals surface area contributed by atoms with Gasteiger partial charge in [0.25, 0.3) is 5.89 Å². The third-order valence-electron chi connectivity index (χ3n) is 1.79. The maximum absolute atomic E-state index is 13.4. The zero-order valence-electron chi connectivity index (χ0n) is 7.44. The predicted octanol–water partition coefficient (Wildman–Crippen LogP) is 2.02. The Morgan fingerprint density at radius 2 is 2.27 bits per heavy atom. The van der Waals surface area contributed by atoms with E-state index in [-0.39, 0.29) is 28.9 Å². The van der Waals surface area contributed by atoms with Gasteiger partial charge in [-0.25, -0.2) is 4.39 Å². The molecule has 0 spiro atoms. The number of hydrogen-bond acceptors (Lipinski definition) is 4. The van der Waals surface area contributed by atoms with Crippen molar-refractivity contribution < 1.29 is 14.0 Å². The molecule has 0 aliphatic heterocycles. The van der Waals surface area contributed by atoms with Crippen molar-refractivity contribution in [3.63, 3.8) is 0 Å². The average Bonchev–Trinajstić information content (AvgIpc) is 2.66. The summed E-state index contributed by atoms with van der Waals surface area (Å²) >= 11 is 5.79. The van der Waals surface area contributed by atoms with Crippen LogP contribution in [0.15, 0.2) is 22.7 Å². The molecule has 0 fully saturated rings. The van der Waals surface area contributed by atoms with Gasteiger partial charge in [-0.2, -0.15) is 4.98 Å². The van der Waals surface area contributed by atoms with E-state index in [1.165, 1.54) is 18.2 Å². The van der Waals surface area contributed by atoms with E-state index >= 15 is 0 Å². The first kappa shape index (κ1) is 10.1. The van der Waals surface area contributed by atoms with Gasteiger partial charge in [0, 0.05) is 0 Å². The monoisotopic (exact) mass is 228 g/mol. The van der Waals surface area contributed by atoms with E-state index in [2.05, 4.69) is 10.1 Å². The third-order valence-corrected chi connectivity index (χ3v) is 2.10. The Labute approximate surface area is 89.3 Å². The van der Waals surface area contributed by atoms with Crippen LogP contribution < -0.4 is 0 Å². The molecule has 0 unspecified atom stereocenters. The van der Waals surface area contributed by atoms with E-state index in [0.29, 0.717) is 0 Å². The largest absolute Gasteiger partial charge is 0.388 e. The molecule has 1 aromatic carbocycles. The van der Waals surface area contributed by atoms with Crippen molar-refractivity contribution in [2.24, 2.45) is 0 Å². The number of nitrogens with zero attached hydrogens (tertiary/aromatic N) is 2. The number of aliphatic hydroxyl groups is 1. The minimum absolute atomic E-state index is 0.0397. The smallest absolute Gasteiger partial charge is 0.262 e. The second-order valence-corrected chi connectivity index (χ2v) is 3.18. The van der Waals surface area contributed by atoms with E-state index in [1.54, 1.807) is 0 Å². The molecular formula is C9H6ClFN2O2. The van der Waals surface area contributed by atoms with Crippen molar-refractivity contribution in [2.75, 3.05) is 0 Å². The van der Waals surface area contributed by atoms with E-state index in [4.69, 9.17) is 21.2 Å². The molecule has 1 N–H and O–H groups in total. The summed E-state index contributed by atoms with van der Waals surface area (Å²) in [5.74, 6) is -0.498. The third kappa shape index (κ3) is 1.84. The molecule has 4 nitrogen and oxygen atoms in total. The number of aromatic nitrogens is 2. The molecule has 0 bridgehead atoms. The molecule has 2 rings (SSSR count). The lowest BCUT2D eigenvalue weighted by Gasteiger charge is -1.98. The number of aliphatic hydroxyl groups excluding tert-OH is 1. The summed E-state index contributed by atoms with van der Waals surface area (Å²) in [6.45, 7) is -0.366. The van der Waals surface area contributed by atoms with Crippen LogP contribution in [0.4, 0.5) is 4.39 Å². The van der Waals surface area contributed by atoms with Crippen molar-refractivity contribution in [2.45, 2.75) is 6.61 Å². The number of benzene rings is 1. The summed E-state index contributed by atoms with van der Waals surface area (Å²) in [6, 6.07) is 4.23. The summed E-state index contributed by atoms with van der Waals surface area (Å²) in [6.07, 6.45) is 0. The molecule has 78 valence electrons. The molecule has 6 heteroatoms. The van der Waals surface area contributed by atoms with Gasteiger partial charge >= 0.3 is 0 Å². The second kappa shape index (κ2) is 3.96. The fraction of sp³-hybridized carbons (Fsp3) is 0.111. The van der Waals surface area contributed by atoms with Crippen LogP contribution in [0, 0.1) is 5.82 Å². The molecule has 0 aliphatic carbocycles. The van der Waals surface area contributed by atoms with Crippen LogP contribution in [0.2, 0.25) is 5.02 Å². The van der Waals surface area contributed by atoms with Gasteiger partial charge in [-0.1, -0.05) is 22.8 Å². The molecule has 1 heterocycles. The van der Waals surface area contributed by atoms with Gasteiger partial charge < -0.3 is 9.63 Å². The zero-order valence-corrected chi connectivity index (χ0v) is 8.20. The van der Waals surface area contributed by atoms with Crippen LogP contribution in [0.5, 0.6) is 0 Å². The van der Waals surface area contributed by atoms with E-state index < -0.39 is 5.82 Å². The Balaban J connectivity index is 2.53. The van der Waals surface area contributed by atoms with Crippen molar-refractivity contribution in [3.05, 3.63) is 34.9 Å². The lowest BCUT2D eigenvalue weighted by molar-refractivity contribution is 0.264. The van der Waals surface area contributed by atoms with Crippen molar-refractivity contribution >= 4 is 11.6 Å². The lowest BCUT2D eigenvalue weighted by Crippen LogP contribution is -1.88. The summed E-state index contributed by atoms with van der Waals surface area (Å²) in [7, 11) is 0. The highest BCUT2D eigenvalue weighted by atomic mass is 35.5. The average molecular weight is 229 g/mol. The fourth-order valence-electron chi connectivity index (χ4n) is 1.12. The topological polar surface area (TPSA) is 59.2 Å².